The molecule has 1 saturated heterocycles. The molecule has 0 saturated carbocycles. The molecule has 0 aliphatic carbocycles. The molecule has 0 aromatic carbocycles. The first-order chi connectivity index (χ1) is 11.2. The van der Waals surface area contributed by atoms with Crippen molar-refractivity contribution in [3.8, 4) is 0 Å². The van der Waals surface area contributed by atoms with Crippen LogP contribution in [0, 0.1) is 0 Å². The van der Waals surface area contributed by atoms with Crippen molar-refractivity contribution in [3.05, 3.63) is 46.5 Å². The number of alkyl halides is 1. The highest BCUT2D eigenvalue weighted by molar-refractivity contribution is 7.09. The van der Waals surface area contributed by atoms with E-state index in [1.165, 1.54) is 4.88 Å². The molecule has 0 unspecified atom stereocenters. The van der Waals surface area contributed by atoms with Crippen molar-refractivity contribution >= 4 is 17.2 Å². The van der Waals surface area contributed by atoms with Crippen molar-refractivity contribution in [2.75, 3.05) is 13.1 Å². The molecule has 3 rings (SSSR count). The SMILES string of the molecule is O=C(CCc1ccoc1)NC[C@@H]1C[C@H](F)CN1Cc1cccs1. The lowest BCUT2D eigenvalue weighted by Gasteiger charge is -2.23. The van der Waals surface area contributed by atoms with Gasteiger partial charge in [0, 0.05) is 37.0 Å². The van der Waals surface area contributed by atoms with Gasteiger partial charge in [-0.2, -0.15) is 0 Å². The molecule has 124 valence electrons. The highest BCUT2D eigenvalue weighted by atomic mass is 32.1. The highest BCUT2D eigenvalue weighted by Gasteiger charge is 2.32. The topological polar surface area (TPSA) is 45.5 Å². The summed E-state index contributed by atoms with van der Waals surface area (Å²) < 4.78 is 18.7. The van der Waals surface area contributed by atoms with Gasteiger partial charge in [0.05, 0.1) is 12.5 Å². The van der Waals surface area contributed by atoms with Gasteiger partial charge in [0.15, 0.2) is 0 Å². The van der Waals surface area contributed by atoms with E-state index >= 15 is 0 Å². The molecule has 0 bridgehead atoms. The third-order valence-electron chi connectivity index (χ3n) is 4.17. The van der Waals surface area contributed by atoms with Crippen molar-refractivity contribution in [2.24, 2.45) is 0 Å². The van der Waals surface area contributed by atoms with Gasteiger partial charge in [0.1, 0.15) is 6.17 Å². The van der Waals surface area contributed by atoms with E-state index < -0.39 is 6.17 Å². The zero-order chi connectivity index (χ0) is 16.1. The van der Waals surface area contributed by atoms with Gasteiger partial charge in [-0.15, -0.1) is 11.3 Å². The molecular formula is C17H21FN2O2S. The normalized spacial score (nSPS) is 21.6. The molecule has 1 aliphatic rings. The summed E-state index contributed by atoms with van der Waals surface area (Å²) in [4.78, 5) is 15.3. The van der Waals surface area contributed by atoms with Crippen LogP contribution in [0.5, 0.6) is 0 Å². The van der Waals surface area contributed by atoms with Gasteiger partial charge >= 0.3 is 0 Å². The summed E-state index contributed by atoms with van der Waals surface area (Å²) in [5.41, 5.74) is 1.02. The van der Waals surface area contributed by atoms with Gasteiger partial charge in [0.25, 0.3) is 0 Å². The molecule has 0 radical (unpaired) electrons. The van der Waals surface area contributed by atoms with Crippen LogP contribution in [0.4, 0.5) is 4.39 Å². The number of hydrogen-bond acceptors (Lipinski definition) is 4. The number of hydrogen-bond donors (Lipinski definition) is 1. The smallest absolute Gasteiger partial charge is 0.220 e. The maximum Gasteiger partial charge on any atom is 0.220 e. The molecule has 0 spiro atoms. The first-order valence-corrected chi connectivity index (χ1v) is 8.77. The van der Waals surface area contributed by atoms with Crippen LogP contribution >= 0.6 is 11.3 Å². The number of amides is 1. The lowest BCUT2D eigenvalue weighted by Crippen LogP contribution is -2.39. The first-order valence-electron chi connectivity index (χ1n) is 7.89. The molecule has 6 heteroatoms. The predicted molar refractivity (Wildman–Crippen MR) is 88.1 cm³/mol. The van der Waals surface area contributed by atoms with Crippen molar-refractivity contribution in [2.45, 2.75) is 38.0 Å². The van der Waals surface area contributed by atoms with Crippen LogP contribution in [-0.2, 0) is 17.8 Å². The number of nitrogens with one attached hydrogen (secondary N) is 1. The largest absolute Gasteiger partial charge is 0.472 e. The fraction of sp³-hybridized carbons (Fsp3) is 0.471. The Labute approximate surface area is 139 Å². The molecule has 3 heterocycles. The summed E-state index contributed by atoms with van der Waals surface area (Å²) in [5, 5.41) is 4.98. The first kappa shape index (κ1) is 16.2. The minimum absolute atomic E-state index is 0.00424. The Bertz CT molecular complexity index is 600. The van der Waals surface area contributed by atoms with E-state index in [1.807, 2.05) is 17.5 Å². The molecule has 23 heavy (non-hydrogen) atoms. The fourth-order valence-corrected chi connectivity index (χ4v) is 3.67. The Morgan fingerprint density at radius 1 is 1.48 bits per heavy atom. The minimum atomic E-state index is -0.803. The summed E-state index contributed by atoms with van der Waals surface area (Å²) in [5.74, 6) is 0.00424. The van der Waals surface area contributed by atoms with Crippen LogP contribution in [0.1, 0.15) is 23.3 Å². The standard InChI is InChI=1S/C17H21FN2O2S/c18-14-8-15(20(10-14)11-16-2-1-7-23-16)9-19-17(21)4-3-13-5-6-22-12-13/h1-2,5-7,12,14-15H,3-4,8-11H2,(H,19,21)/t14-,15-/m0/s1. The molecular weight excluding hydrogens is 315 g/mol. The molecule has 4 nitrogen and oxygen atoms in total. The van der Waals surface area contributed by atoms with Gasteiger partial charge in [-0.05, 0) is 35.9 Å². The second-order valence-electron chi connectivity index (χ2n) is 5.93. The quantitative estimate of drug-likeness (QED) is 0.845. The third kappa shape index (κ3) is 4.65. The van der Waals surface area contributed by atoms with Crippen molar-refractivity contribution in [1.82, 2.24) is 10.2 Å². The predicted octanol–water partition coefficient (Wildman–Crippen LogP) is 3.00. The third-order valence-corrected chi connectivity index (χ3v) is 5.03. The average molecular weight is 336 g/mol. The number of likely N-dealkylation sites (tertiary alicyclic amines) is 1. The van der Waals surface area contributed by atoms with Crippen molar-refractivity contribution < 1.29 is 13.6 Å². The number of furan rings is 1. The highest BCUT2D eigenvalue weighted by Crippen LogP contribution is 2.23. The van der Waals surface area contributed by atoms with E-state index in [0.29, 0.717) is 32.4 Å². The summed E-state index contributed by atoms with van der Waals surface area (Å²) in [6, 6.07) is 6.01. The minimum Gasteiger partial charge on any atom is -0.472 e. The fourth-order valence-electron chi connectivity index (χ4n) is 2.94. The number of halogens is 1. The van der Waals surface area contributed by atoms with Crippen LogP contribution in [0.2, 0.25) is 0 Å². The number of nitrogens with zero attached hydrogens (tertiary/aromatic N) is 1. The van der Waals surface area contributed by atoms with Gasteiger partial charge < -0.3 is 9.73 Å². The second kappa shape index (κ2) is 7.75. The second-order valence-corrected chi connectivity index (χ2v) is 6.96. The number of carbonyl (C=O) groups is 1. The van der Waals surface area contributed by atoms with Crippen LogP contribution in [-0.4, -0.2) is 36.1 Å². The van der Waals surface area contributed by atoms with Crippen LogP contribution < -0.4 is 5.32 Å². The van der Waals surface area contributed by atoms with Crippen molar-refractivity contribution in [3.63, 3.8) is 0 Å². The Kier molecular flexibility index (Phi) is 5.46. The Morgan fingerprint density at radius 3 is 3.13 bits per heavy atom. The van der Waals surface area contributed by atoms with Crippen molar-refractivity contribution in [1.29, 1.82) is 0 Å². The van der Waals surface area contributed by atoms with E-state index in [2.05, 4.69) is 16.3 Å². The van der Waals surface area contributed by atoms with E-state index in [9.17, 15) is 9.18 Å². The molecule has 1 fully saturated rings. The summed E-state index contributed by atoms with van der Waals surface area (Å²) in [6.45, 7) is 1.72. The van der Waals surface area contributed by atoms with Crippen LogP contribution in [0.15, 0.2) is 40.5 Å². The Balaban J connectivity index is 1.44. The van der Waals surface area contributed by atoms with E-state index in [-0.39, 0.29) is 11.9 Å². The Hall–Kier alpha value is -1.66. The van der Waals surface area contributed by atoms with E-state index in [1.54, 1.807) is 23.9 Å². The molecule has 1 N–H and O–H groups in total. The average Bonchev–Trinajstić information content (AvgIpc) is 3.26. The zero-order valence-corrected chi connectivity index (χ0v) is 13.7. The molecule has 1 aliphatic heterocycles. The number of thiophene rings is 1. The summed E-state index contributed by atoms with van der Waals surface area (Å²) >= 11 is 1.68. The lowest BCUT2D eigenvalue weighted by atomic mass is 10.1. The maximum absolute atomic E-state index is 13.7. The Morgan fingerprint density at radius 2 is 2.39 bits per heavy atom. The van der Waals surface area contributed by atoms with Gasteiger partial charge in [-0.1, -0.05) is 6.07 Å². The lowest BCUT2D eigenvalue weighted by molar-refractivity contribution is -0.121. The summed E-state index contributed by atoms with van der Waals surface area (Å²) in [6.07, 6.45) is 4.04. The van der Waals surface area contributed by atoms with Gasteiger partial charge in [-0.25, -0.2) is 4.39 Å². The molecule has 2 atom stereocenters. The van der Waals surface area contributed by atoms with Crippen LogP contribution in [0.25, 0.3) is 0 Å². The molecule has 1 amide bonds. The van der Waals surface area contributed by atoms with E-state index in [4.69, 9.17) is 4.42 Å². The van der Waals surface area contributed by atoms with Gasteiger partial charge in [-0.3, -0.25) is 9.69 Å². The maximum atomic E-state index is 13.7. The summed E-state index contributed by atoms with van der Waals surface area (Å²) in [7, 11) is 0. The number of aryl methyl sites for hydroxylation is 1. The van der Waals surface area contributed by atoms with Gasteiger partial charge in [0.2, 0.25) is 5.91 Å². The van der Waals surface area contributed by atoms with E-state index in [0.717, 1.165) is 12.1 Å². The molecule has 2 aromatic rings. The number of carbonyl (C=O) groups excluding carboxylic acids is 1. The monoisotopic (exact) mass is 336 g/mol. The van der Waals surface area contributed by atoms with Crippen LogP contribution in [0.3, 0.4) is 0 Å². The number of rotatable bonds is 7. The zero-order valence-electron chi connectivity index (χ0n) is 12.9. The molecule has 2 aromatic heterocycles.